The molecule has 1 unspecified atom stereocenters. The van der Waals surface area contributed by atoms with Crippen LogP contribution in [0.4, 0.5) is 0 Å². The second-order valence-electron chi connectivity index (χ2n) is 3.79. The number of aliphatic hydroxyl groups is 1. The van der Waals surface area contributed by atoms with Crippen molar-refractivity contribution in [2.45, 2.75) is 25.9 Å². The Bertz CT molecular complexity index is 281. The van der Waals surface area contributed by atoms with Crippen molar-refractivity contribution >= 4 is 0 Å². The number of hydrogen-bond donors (Lipinski definition) is 1. The summed E-state index contributed by atoms with van der Waals surface area (Å²) < 4.78 is 6.92. The highest BCUT2D eigenvalue weighted by molar-refractivity contribution is 5.02. The van der Waals surface area contributed by atoms with Crippen LogP contribution in [0.15, 0.2) is 12.3 Å². The summed E-state index contributed by atoms with van der Waals surface area (Å²) in [6.45, 7) is 4.65. The van der Waals surface area contributed by atoms with Crippen LogP contribution in [0, 0.1) is 0 Å². The van der Waals surface area contributed by atoms with E-state index in [9.17, 15) is 5.11 Å². The van der Waals surface area contributed by atoms with Gasteiger partial charge in [0.25, 0.3) is 0 Å². The molecular weight excluding hydrogens is 180 g/mol. The Morgan fingerprint density at radius 2 is 2.36 bits per heavy atom. The van der Waals surface area contributed by atoms with E-state index in [1.54, 1.807) is 11.6 Å². The first-order chi connectivity index (χ1) is 6.53. The molecule has 0 aliphatic carbocycles. The Morgan fingerprint density at radius 1 is 1.64 bits per heavy atom. The lowest BCUT2D eigenvalue weighted by Gasteiger charge is -2.21. The van der Waals surface area contributed by atoms with Crippen LogP contribution in [0.25, 0.3) is 0 Å². The van der Waals surface area contributed by atoms with E-state index in [0.29, 0.717) is 19.6 Å². The fraction of sp³-hybridized carbons (Fsp3) is 0.700. The average molecular weight is 198 g/mol. The smallest absolute Gasteiger partial charge is 0.0908 e. The van der Waals surface area contributed by atoms with Crippen molar-refractivity contribution in [1.29, 1.82) is 0 Å². The van der Waals surface area contributed by atoms with Crippen molar-refractivity contribution in [3.63, 3.8) is 0 Å². The third-order valence-corrected chi connectivity index (χ3v) is 1.95. The molecule has 0 saturated heterocycles. The molecule has 0 aromatic carbocycles. The van der Waals surface area contributed by atoms with Gasteiger partial charge in [-0.2, -0.15) is 5.10 Å². The zero-order chi connectivity index (χ0) is 10.6. The van der Waals surface area contributed by atoms with Gasteiger partial charge in [0.2, 0.25) is 0 Å². The van der Waals surface area contributed by atoms with Gasteiger partial charge >= 0.3 is 0 Å². The summed E-state index contributed by atoms with van der Waals surface area (Å²) >= 11 is 0. The molecule has 1 heterocycles. The Labute approximate surface area is 84.5 Å². The van der Waals surface area contributed by atoms with Gasteiger partial charge in [-0.1, -0.05) is 0 Å². The molecule has 14 heavy (non-hydrogen) atoms. The highest BCUT2D eigenvalue weighted by Crippen LogP contribution is 2.11. The average Bonchev–Trinajstić information content (AvgIpc) is 2.47. The molecule has 0 aliphatic rings. The molecule has 80 valence electrons. The topological polar surface area (TPSA) is 47.3 Å². The van der Waals surface area contributed by atoms with Gasteiger partial charge in [-0.25, -0.2) is 0 Å². The van der Waals surface area contributed by atoms with Crippen LogP contribution in [-0.4, -0.2) is 33.7 Å². The highest BCUT2D eigenvalue weighted by Gasteiger charge is 2.22. The van der Waals surface area contributed by atoms with Gasteiger partial charge in [0.05, 0.1) is 17.9 Å². The normalized spacial score (nSPS) is 15.4. The minimum absolute atomic E-state index is 0.347. The minimum atomic E-state index is -0.829. The first-order valence-corrected chi connectivity index (χ1v) is 4.82. The first kappa shape index (κ1) is 11.2. The second kappa shape index (κ2) is 4.57. The predicted octanol–water partition coefficient (Wildman–Crippen LogP) is 0.750. The van der Waals surface area contributed by atoms with Gasteiger partial charge in [-0.05, 0) is 19.9 Å². The van der Waals surface area contributed by atoms with Crippen molar-refractivity contribution < 1.29 is 9.84 Å². The molecule has 1 aromatic rings. The number of hydrogen-bond acceptors (Lipinski definition) is 3. The largest absolute Gasteiger partial charge is 0.387 e. The van der Waals surface area contributed by atoms with Crippen LogP contribution in [0.1, 0.15) is 19.5 Å². The summed E-state index contributed by atoms with van der Waals surface area (Å²) in [6.07, 6.45) is 2.39. The summed E-state index contributed by atoms with van der Waals surface area (Å²) in [5.74, 6) is 0. The molecule has 0 bridgehead atoms. The first-order valence-electron chi connectivity index (χ1n) is 4.82. The van der Waals surface area contributed by atoms with Crippen LogP contribution in [0.2, 0.25) is 0 Å². The number of ether oxygens (including phenoxy) is 1. The molecule has 0 aliphatic heterocycles. The third kappa shape index (κ3) is 3.47. The van der Waals surface area contributed by atoms with Gasteiger partial charge in [0, 0.05) is 26.3 Å². The molecule has 0 spiro atoms. The van der Waals surface area contributed by atoms with Crippen molar-refractivity contribution in [3.8, 4) is 0 Å². The molecular formula is C10H18N2O2. The Kier molecular flexibility index (Phi) is 3.66. The SMILES string of the molecule is CCOCC(C)(O)Cc1ccn(C)n1. The van der Waals surface area contributed by atoms with Crippen LogP contribution in [-0.2, 0) is 18.2 Å². The molecule has 0 fully saturated rings. The fourth-order valence-corrected chi connectivity index (χ4v) is 1.32. The second-order valence-corrected chi connectivity index (χ2v) is 3.79. The zero-order valence-electron chi connectivity index (χ0n) is 9.03. The maximum atomic E-state index is 9.93. The summed E-state index contributed by atoms with van der Waals surface area (Å²) in [4.78, 5) is 0. The summed E-state index contributed by atoms with van der Waals surface area (Å²) in [5, 5.41) is 14.1. The Hall–Kier alpha value is -0.870. The van der Waals surface area contributed by atoms with Crippen molar-refractivity contribution in [3.05, 3.63) is 18.0 Å². The van der Waals surface area contributed by atoms with E-state index in [4.69, 9.17) is 4.74 Å². The quantitative estimate of drug-likeness (QED) is 0.759. The molecule has 1 N–H and O–H groups in total. The number of aryl methyl sites for hydroxylation is 1. The maximum Gasteiger partial charge on any atom is 0.0908 e. The van der Waals surface area contributed by atoms with Crippen molar-refractivity contribution in [2.24, 2.45) is 7.05 Å². The van der Waals surface area contributed by atoms with Crippen molar-refractivity contribution in [1.82, 2.24) is 9.78 Å². The summed E-state index contributed by atoms with van der Waals surface area (Å²) in [7, 11) is 1.86. The van der Waals surface area contributed by atoms with Crippen molar-refractivity contribution in [2.75, 3.05) is 13.2 Å². The van der Waals surface area contributed by atoms with E-state index >= 15 is 0 Å². The zero-order valence-corrected chi connectivity index (χ0v) is 9.03. The fourth-order valence-electron chi connectivity index (χ4n) is 1.32. The van der Waals surface area contributed by atoms with Gasteiger partial charge < -0.3 is 9.84 Å². The lowest BCUT2D eigenvalue weighted by Crippen LogP contribution is -2.33. The lowest BCUT2D eigenvalue weighted by molar-refractivity contribution is -0.0302. The molecule has 0 amide bonds. The molecule has 4 nitrogen and oxygen atoms in total. The molecule has 4 heteroatoms. The molecule has 1 atom stereocenters. The van der Waals surface area contributed by atoms with E-state index in [0.717, 1.165) is 5.69 Å². The maximum absolute atomic E-state index is 9.93. The van der Waals surface area contributed by atoms with Crippen LogP contribution >= 0.6 is 0 Å². The number of aromatic nitrogens is 2. The predicted molar refractivity (Wildman–Crippen MR) is 54.0 cm³/mol. The van der Waals surface area contributed by atoms with E-state index < -0.39 is 5.60 Å². The monoisotopic (exact) mass is 198 g/mol. The third-order valence-electron chi connectivity index (χ3n) is 1.95. The molecule has 1 aromatic heterocycles. The van der Waals surface area contributed by atoms with Crippen LogP contribution in [0.5, 0.6) is 0 Å². The number of nitrogens with zero attached hydrogens (tertiary/aromatic N) is 2. The van der Waals surface area contributed by atoms with E-state index in [2.05, 4.69) is 5.10 Å². The van der Waals surface area contributed by atoms with Gasteiger partial charge in [-0.3, -0.25) is 4.68 Å². The molecule has 0 radical (unpaired) electrons. The van der Waals surface area contributed by atoms with E-state index in [-0.39, 0.29) is 0 Å². The summed E-state index contributed by atoms with van der Waals surface area (Å²) in [5.41, 5.74) is 0.0573. The van der Waals surface area contributed by atoms with Gasteiger partial charge in [0.1, 0.15) is 0 Å². The lowest BCUT2D eigenvalue weighted by atomic mass is 10.0. The Morgan fingerprint density at radius 3 is 2.86 bits per heavy atom. The van der Waals surface area contributed by atoms with Crippen LogP contribution < -0.4 is 0 Å². The van der Waals surface area contributed by atoms with Crippen LogP contribution in [0.3, 0.4) is 0 Å². The summed E-state index contributed by atoms with van der Waals surface area (Å²) in [6, 6.07) is 1.90. The number of rotatable bonds is 5. The highest BCUT2D eigenvalue weighted by atomic mass is 16.5. The van der Waals surface area contributed by atoms with E-state index in [1.807, 2.05) is 26.2 Å². The molecule has 1 rings (SSSR count). The Balaban J connectivity index is 2.49. The minimum Gasteiger partial charge on any atom is -0.387 e. The standard InChI is InChI=1S/C10H18N2O2/c1-4-14-8-10(2,13)7-9-5-6-12(3)11-9/h5-6,13H,4,7-8H2,1-3H3. The molecule has 0 saturated carbocycles. The van der Waals surface area contributed by atoms with Gasteiger partial charge in [-0.15, -0.1) is 0 Å². The van der Waals surface area contributed by atoms with Gasteiger partial charge in [0.15, 0.2) is 0 Å². The van der Waals surface area contributed by atoms with E-state index in [1.165, 1.54) is 0 Å².